The zero-order valence-electron chi connectivity index (χ0n) is 18.3. The summed E-state index contributed by atoms with van der Waals surface area (Å²) in [6.45, 7) is 0.603. The van der Waals surface area contributed by atoms with Gasteiger partial charge in [0, 0.05) is 48.8 Å². The third-order valence-corrected chi connectivity index (χ3v) is 5.75. The van der Waals surface area contributed by atoms with E-state index in [0.717, 1.165) is 18.4 Å². The first kappa shape index (κ1) is 21.1. The van der Waals surface area contributed by atoms with Crippen molar-refractivity contribution >= 4 is 16.8 Å². The van der Waals surface area contributed by atoms with E-state index in [-0.39, 0.29) is 18.3 Å². The fourth-order valence-electron chi connectivity index (χ4n) is 3.69. The summed E-state index contributed by atoms with van der Waals surface area (Å²) < 4.78 is 30.4. The van der Waals surface area contributed by atoms with Crippen LogP contribution in [0.2, 0.25) is 0 Å². The van der Waals surface area contributed by atoms with Crippen molar-refractivity contribution in [2.45, 2.75) is 18.9 Å². The first-order chi connectivity index (χ1) is 16.0. The van der Waals surface area contributed by atoms with Gasteiger partial charge in [0.2, 0.25) is 0 Å². The lowest BCUT2D eigenvalue weighted by Gasteiger charge is -2.16. The Morgan fingerprint density at radius 1 is 1.21 bits per heavy atom. The van der Waals surface area contributed by atoms with Crippen LogP contribution >= 0.6 is 0 Å². The molecule has 1 aliphatic rings. The van der Waals surface area contributed by atoms with Crippen molar-refractivity contribution in [3.8, 4) is 28.5 Å². The minimum atomic E-state index is -0.502. The third kappa shape index (κ3) is 4.19. The van der Waals surface area contributed by atoms with Crippen LogP contribution in [0.25, 0.3) is 33.6 Å². The van der Waals surface area contributed by atoms with E-state index in [2.05, 4.69) is 15.4 Å². The van der Waals surface area contributed by atoms with E-state index in [4.69, 9.17) is 14.0 Å². The number of aromatic amines is 1. The van der Waals surface area contributed by atoms with Crippen LogP contribution in [-0.4, -0.2) is 59.6 Å². The molecule has 0 unspecified atom stereocenters. The van der Waals surface area contributed by atoms with Crippen molar-refractivity contribution in [3.05, 3.63) is 53.8 Å². The van der Waals surface area contributed by atoms with Gasteiger partial charge in [-0.25, -0.2) is 4.39 Å². The monoisotopic (exact) mass is 450 g/mol. The molecule has 0 spiro atoms. The second kappa shape index (κ2) is 8.67. The van der Waals surface area contributed by atoms with Crippen LogP contribution in [0.15, 0.2) is 47.0 Å². The molecule has 33 heavy (non-hydrogen) atoms. The lowest BCUT2D eigenvalue weighted by molar-refractivity contribution is 0.0785. The molecule has 170 valence electrons. The predicted octanol–water partition coefficient (Wildman–Crippen LogP) is 4.28. The van der Waals surface area contributed by atoms with Crippen LogP contribution in [0.4, 0.5) is 4.39 Å². The molecular formula is C24H23FN4O4. The van der Waals surface area contributed by atoms with Crippen LogP contribution in [0.5, 0.6) is 5.75 Å². The summed E-state index contributed by atoms with van der Waals surface area (Å²) in [6, 6.07) is 12.3. The third-order valence-electron chi connectivity index (χ3n) is 5.75. The zero-order chi connectivity index (χ0) is 22.9. The Hall–Kier alpha value is -3.72. The van der Waals surface area contributed by atoms with Gasteiger partial charge in [-0.2, -0.15) is 5.10 Å². The summed E-state index contributed by atoms with van der Waals surface area (Å²) in [6.07, 6.45) is 2.13. The molecule has 0 atom stereocenters. The SMILES string of the molecule is COCCOc1cc2[nH]nc(-c3cc(-c4ccc(C(=O)N(C)C5CC5)cc4)no3)c2cc1F. The van der Waals surface area contributed by atoms with Crippen LogP contribution in [-0.2, 0) is 4.74 Å². The molecule has 0 aliphatic heterocycles. The summed E-state index contributed by atoms with van der Waals surface area (Å²) in [5.74, 6) is 0.0326. The number of nitrogens with zero attached hydrogens (tertiary/aromatic N) is 3. The molecule has 2 heterocycles. The van der Waals surface area contributed by atoms with Crippen LogP contribution in [0.1, 0.15) is 23.2 Å². The summed E-state index contributed by atoms with van der Waals surface area (Å²) in [7, 11) is 3.39. The van der Waals surface area contributed by atoms with E-state index in [1.165, 1.54) is 6.07 Å². The summed E-state index contributed by atoms with van der Waals surface area (Å²) in [5, 5.41) is 11.8. The molecule has 4 aromatic rings. The fourth-order valence-corrected chi connectivity index (χ4v) is 3.69. The average Bonchev–Trinajstić information content (AvgIpc) is 3.43. The van der Waals surface area contributed by atoms with Crippen molar-refractivity contribution in [2.75, 3.05) is 27.4 Å². The number of carbonyl (C=O) groups is 1. The van der Waals surface area contributed by atoms with Gasteiger partial charge in [0.15, 0.2) is 17.3 Å². The molecule has 1 fully saturated rings. The van der Waals surface area contributed by atoms with E-state index >= 15 is 0 Å². The Morgan fingerprint density at radius 2 is 2.00 bits per heavy atom. The maximum Gasteiger partial charge on any atom is 0.253 e. The Kier molecular flexibility index (Phi) is 5.55. The minimum absolute atomic E-state index is 0.0143. The van der Waals surface area contributed by atoms with E-state index in [9.17, 15) is 9.18 Å². The highest BCUT2D eigenvalue weighted by Crippen LogP contribution is 2.33. The van der Waals surface area contributed by atoms with Crippen LogP contribution in [0.3, 0.4) is 0 Å². The zero-order valence-corrected chi connectivity index (χ0v) is 18.3. The Bertz CT molecular complexity index is 1290. The van der Waals surface area contributed by atoms with Gasteiger partial charge in [-0.3, -0.25) is 9.89 Å². The molecule has 0 bridgehead atoms. The average molecular weight is 450 g/mol. The molecule has 1 amide bonds. The maximum atomic E-state index is 14.5. The maximum absolute atomic E-state index is 14.5. The number of benzene rings is 2. The molecule has 1 aliphatic carbocycles. The van der Waals surface area contributed by atoms with Gasteiger partial charge in [-0.05, 0) is 31.0 Å². The molecule has 0 radical (unpaired) electrons. The van der Waals surface area contributed by atoms with Gasteiger partial charge in [-0.1, -0.05) is 17.3 Å². The van der Waals surface area contributed by atoms with Crippen molar-refractivity contribution in [3.63, 3.8) is 0 Å². The smallest absolute Gasteiger partial charge is 0.253 e. The molecule has 5 rings (SSSR count). The largest absolute Gasteiger partial charge is 0.488 e. The number of hydrogen-bond donors (Lipinski definition) is 1. The number of ether oxygens (including phenoxy) is 2. The van der Waals surface area contributed by atoms with E-state index in [0.29, 0.717) is 46.3 Å². The highest BCUT2D eigenvalue weighted by molar-refractivity contribution is 5.95. The van der Waals surface area contributed by atoms with Crippen molar-refractivity contribution in [1.29, 1.82) is 0 Å². The van der Waals surface area contributed by atoms with Crippen LogP contribution in [0, 0.1) is 5.82 Å². The molecule has 2 aromatic heterocycles. The first-order valence-electron chi connectivity index (χ1n) is 10.7. The van der Waals surface area contributed by atoms with Crippen molar-refractivity contribution in [2.24, 2.45) is 0 Å². The number of nitrogens with one attached hydrogen (secondary N) is 1. The fraction of sp³-hybridized carbons (Fsp3) is 0.292. The van der Waals surface area contributed by atoms with Gasteiger partial charge in [0.1, 0.15) is 18.0 Å². The van der Waals surface area contributed by atoms with Gasteiger partial charge in [-0.15, -0.1) is 0 Å². The number of aromatic nitrogens is 3. The van der Waals surface area contributed by atoms with Gasteiger partial charge in [0.05, 0.1) is 12.1 Å². The molecular weight excluding hydrogens is 427 g/mol. The number of hydrogen-bond acceptors (Lipinski definition) is 6. The lowest BCUT2D eigenvalue weighted by atomic mass is 10.1. The summed E-state index contributed by atoms with van der Waals surface area (Å²) in [5.41, 5.74) is 3.09. The number of halogens is 1. The number of rotatable bonds is 8. The van der Waals surface area contributed by atoms with Gasteiger partial charge in [0.25, 0.3) is 5.91 Å². The van der Waals surface area contributed by atoms with Gasteiger partial charge < -0.3 is 18.9 Å². The molecule has 1 saturated carbocycles. The predicted molar refractivity (Wildman–Crippen MR) is 119 cm³/mol. The number of fused-ring (bicyclic) bond motifs is 1. The van der Waals surface area contributed by atoms with E-state index in [1.54, 1.807) is 36.3 Å². The highest BCUT2D eigenvalue weighted by atomic mass is 19.1. The number of carbonyl (C=O) groups excluding carboxylic acids is 1. The second-order valence-corrected chi connectivity index (χ2v) is 8.04. The summed E-state index contributed by atoms with van der Waals surface area (Å²) in [4.78, 5) is 14.3. The molecule has 1 N–H and O–H groups in total. The van der Waals surface area contributed by atoms with E-state index in [1.807, 2.05) is 19.2 Å². The normalized spacial score (nSPS) is 13.4. The topological polar surface area (TPSA) is 93.5 Å². The molecule has 0 saturated heterocycles. The number of methoxy groups -OCH3 is 1. The van der Waals surface area contributed by atoms with Gasteiger partial charge >= 0.3 is 0 Å². The van der Waals surface area contributed by atoms with Crippen molar-refractivity contribution < 1.29 is 23.2 Å². The quantitative estimate of drug-likeness (QED) is 0.403. The molecule has 8 nitrogen and oxygen atoms in total. The lowest BCUT2D eigenvalue weighted by Crippen LogP contribution is -2.28. The van der Waals surface area contributed by atoms with E-state index < -0.39 is 5.82 Å². The Labute approximate surface area is 189 Å². The highest BCUT2D eigenvalue weighted by Gasteiger charge is 2.30. The minimum Gasteiger partial charge on any atom is -0.488 e. The number of H-pyrrole nitrogens is 1. The Balaban J connectivity index is 1.37. The molecule has 9 heteroatoms. The standard InChI is InChI=1S/C24H23FN4O4/c1-29(16-7-8-16)24(30)15-5-3-14(4-6-15)19-12-22(33-28-19)23-17-11-18(25)21(32-10-9-31-2)13-20(17)26-27-23/h3-6,11-13,16H,7-10H2,1-2H3,(H,26,27). The van der Waals surface area contributed by atoms with Crippen LogP contribution < -0.4 is 4.74 Å². The van der Waals surface area contributed by atoms with Crippen molar-refractivity contribution in [1.82, 2.24) is 20.3 Å². The second-order valence-electron chi connectivity index (χ2n) is 8.04. The molecule has 2 aromatic carbocycles. The Morgan fingerprint density at radius 3 is 2.73 bits per heavy atom. The number of amides is 1. The summed E-state index contributed by atoms with van der Waals surface area (Å²) >= 11 is 0. The first-order valence-corrected chi connectivity index (χ1v) is 10.7.